The fourth-order valence-electron chi connectivity index (χ4n) is 8.75. The third-order valence-electron chi connectivity index (χ3n) is 11.3. The first-order valence-corrected chi connectivity index (χ1v) is 19.3. The van der Waals surface area contributed by atoms with Crippen molar-refractivity contribution in [1.29, 1.82) is 0 Å². The number of hydrogen-bond acceptors (Lipinski definition) is 3. The molecule has 0 atom stereocenters. The van der Waals surface area contributed by atoms with Gasteiger partial charge in [-0.05, 0) is 65.7 Å². The van der Waals surface area contributed by atoms with Gasteiger partial charge in [-0.25, -0.2) is 9.97 Å². The van der Waals surface area contributed by atoms with Crippen LogP contribution in [0.5, 0.6) is 0 Å². The van der Waals surface area contributed by atoms with Crippen LogP contribution in [0.1, 0.15) is 0 Å². The molecule has 0 fully saturated rings. The minimum absolute atomic E-state index is 0.671. The van der Waals surface area contributed by atoms with E-state index in [9.17, 15) is 0 Å². The van der Waals surface area contributed by atoms with Crippen molar-refractivity contribution < 1.29 is 4.42 Å². The molecule has 0 saturated heterocycles. The number of hydrogen-bond donors (Lipinski definition) is 0. The number of benzene rings is 8. The van der Waals surface area contributed by atoms with Crippen molar-refractivity contribution in [2.45, 2.75) is 0 Å². The highest BCUT2D eigenvalue weighted by atomic mass is 16.3. The summed E-state index contributed by atoms with van der Waals surface area (Å²) in [5, 5.41) is 5.81. The van der Waals surface area contributed by atoms with Crippen molar-refractivity contribution in [2.24, 2.45) is 0 Å². The van der Waals surface area contributed by atoms with Crippen molar-refractivity contribution >= 4 is 65.7 Å². The summed E-state index contributed by atoms with van der Waals surface area (Å²) in [7, 11) is 0. The van der Waals surface area contributed by atoms with Gasteiger partial charge in [0.15, 0.2) is 11.4 Å². The number of para-hydroxylation sites is 3. The van der Waals surface area contributed by atoms with Crippen LogP contribution in [-0.4, -0.2) is 19.1 Å². The second kappa shape index (κ2) is 12.4. The van der Waals surface area contributed by atoms with Crippen LogP contribution in [0.3, 0.4) is 0 Å². The molecule has 5 heteroatoms. The van der Waals surface area contributed by atoms with Crippen LogP contribution in [0.4, 0.5) is 0 Å². The fraction of sp³-hybridized carbons (Fsp3) is 0. The summed E-state index contributed by atoms with van der Waals surface area (Å²) >= 11 is 0. The lowest BCUT2D eigenvalue weighted by Crippen LogP contribution is -1.98. The Kier molecular flexibility index (Phi) is 6.86. The first kappa shape index (κ1) is 31.6. The molecule has 12 aromatic rings. The summed E-state index contributed by atoms with van der Waals surface area (Å²) in [6.07, 6.45) is 0. The van der Waals surface area contributed by atoms with E-state index in [2.05, 4.69) is 167 Å². The molecule has 0 bridgehead atoms. The van der Waals surface area contributed by atoms with Gasteiger partial charge >= 0.3 is 0 Å². The lowest BCUT2D eigenvalue weighted by Gasteiger charge is -2.12. The molecule has 0 aliphatic rings. The Balaban J connectivity index is 1.12. The van der Waals surface area contributed by atoms with Gasteiger partial charge in [-0.3, -0.25) is 0 Å². The number of aromatic nitrogens is 4. The molecule has 0 saturated carbocycles. The second-order valence-corrected chi connectivity index (χ2v) is 14.6. The van der Waals surface area contributed by atoms with Gasteiger partial charge in [0.1, 0.15) is 16.8 Å². The van der Waals surface area contributed by atoms with E-state index in [1.165, 1.54) is 38.1 Å². The molecule has 5 nitrogen and oxygen atoms in total. The Bertz CT molecular complexity index is 3490. The van der Waals surface area contributed by atoms with E-state index in [4.69, 9.17) is 14.4 Å². The second-order valence-electron chi connectivity index (χ2n) is 14.6. The van der Waals surface area contributed by atoms with Crippen molar-refractivity contribution in [1.82, 2.24) is 19.1 Å². The molecular weight excluding hydrogens is 697 g/mol. The maximum atomic E-state index is 6.58. The van der Waals surface area contributed by atoms with Gasteiger partial charge in [-0.2, -0.15) is 0 Å². The molecule has 0 N–H and O–H groups in total. The highest BCUT2D eigenvalue weighted by Crippen LogP contribution is 2.43. The highest BCUT2D eigenvalue weighted by Gasteiger charge is 2.23. The molecule has 266 valence electrons. The van der Waals surface area contributed by atoms with Crippen molar-refractivity contribution in [2.75, 3.05) is 0 Å². The zero-order valence-corrected chi connectivity index (χ0v) is 30.7. The Morgan fingerprint density at radius 2 is 0.895 bits per heavy atom. The molecule has 57 heavy (non-hydrogen) atoms. The van der Waals surface area contributed by atoms with Crippen molar-refractivity contribution in [3.63, 3.8) is 0 Å². The summed E-state index contributed by atoms with van der Waals surface area (Å²) < 4.78 is 11.5. The SMILES string of the molecule is c1ccc(-c2nc(-c3ccccc3)c3oc4ccc(-c5ccc6c(c5)c5ccc7c8ccccc8n(-c8ccccc8)c7c5n6-c5ccccc5)cc4c3n2)cc1. The van der Waals surface area contributed by atoms with E-state index in [1.807, 2.05) is 36.4 Å². The zero-order valence-electron chi connectivity index (χ0n) is 30.7. The molecule has 4 aromatic heterocycles. The Hall–Kier alpha value is -7.76. The van der Waals surface area contributed by atoms with Crippen molar-refractivity contribution in [3.8, 4) is 45.1 Å². The molecule has 0 radical (unpaired) electrons. The molecule has 0 unspecified atom stereocenters. The highest BCUT2D eigenvalue weighted by molar-refractivity contribution is 6.24. The predicted molar refractivity (Wildman–Crippen MR) is 234 cm³/mol. The molecule has 8 aromatic carbocycles. The van der Waals surface area contributed by atoms with Crippen LogP contribution in [0.2, 0.25) is 0 Å². The number of rotatable bonds is 5. The third-order valence-corrected chi connectivity index (χ3v) is 11.3. The number of fused-ring (bicyclic) bond motifs is 10. The smallest absolute Gasteiger partial charge is 0.180 e. The minimum Gasteiger partial charge on any atom is -0.452 e. The largest absolute Gasteiger partial charge is 0.452 e. The minimum atomic E-state index is 0.671. The van der Waals surface area contributed by atoms with Crippen LogP contribution < -0.4 is 0 Å². The van der Waals surface area contributed by atoms with E-state index in [0.29, 0.717) is 11.4 Å². The first-order valence-electron chi connectivity index (χ1n) is 19.3. The third kappa shape index (κ3) is 4.82. The predicted octanol–water partition coefficient (Wildman–Crippen LogP) is 13.6. The maximum absolute atomic E-state index is 6.58. The Morgan fingerprint density at radius 1 is 0.368 bits per heavy atom. The summed E-state index contributed by atoms with van der Waals surface area (Å²) in [5.41, 5.74) is 14.2. The van der Waals surface area contributed by atoms with E-state index in [0.717, 1.165) is 61.3 Å². The monoisotopic (exact) mass is 728 g/mol. The van der Waals surface area contributed by atoms with Gasteiger partial charge in [0, 0.05) is 49.4 Å². The first-order chi connectivity index (χ1) is 28.3. The number of furan rings is 1. The zero-order chi connectivity index (χ0) is 37.5. The van der Waals surface area contributed by atoms with Gasteiger partial charge in [-0.15, -0.1) is 0 Å². The molecule has 12 rings (SSSR count). The van der Waals surface area contributed by atoms with E-state index in [-0.39, 0.29) is 0 Å². The maximum Gasteiger partial charge on any atom is 0.180 e. The van der Waals surface area contributed by atoms with Gasteiger partial charge < -0.3 is 13.6 Å². The van der Waals surface area contributed by atoms with Crippen LogP contribution >= 0.6 is 0 Å². The average Bonchev–Trinajstić information content (AvgIpc) is 3.94. The van der Waals surface area contributed by atoms with Crippen LogP contribution in [0, 0.1) is 0 Å². The summed E-state index contributed by atoms with van der Waals surface area (Å²) in [5.74, 6) is 0.671. The molecule has 0 spiro atoms. The van der Waals surface area contributed by atoms with Crippen molar-refractivity contribution in [3.05, 3.63) is 194 Å². The van der Waals surface area contributed by atoms with E-state index >= 15 is 0 Å². The van der Waals surface area contributed by atoms with Crippen LogP contribution in [0.25, 0.3) is 111 Å². The van der Waals surface area contributed by atoms with E-state index < -0.39 is 0 Å². The van der Waals surface area contributed by atoms with Gasteiger partial charge in [0.25, 0.3) is 0 Å². The standard InChI is InChI=1S/C52H32N4O/c1-5-15-33(16-6-1)47-51-48(54-52(53-47)34-17-7-2-8-18-34)43-32-36(26-30-46(43)57-51)35-25-29-45-42(31-35)41-28-27-40-39-23-13-14-24-44(39)55(37-19-9-3-10-20-37)49(40)50(41)56(45)38-21-11-4-12-22-38/h1-32H. The summed E-state index contributed by atoms with van der Waals surface area (Å²) in [4.78, 5) is 10.2. The topological polar surface area (TPSA) is 48.8 Å². The molecule has 0 aliphatic carbocycles. The van der Waals surface area contributed by atoms with Gasteiger partial charge in [0.2, 0.25) is 0 Å². The molecule has 0 amide bonds. The van der Waals surface area contributed by atoms with E-state index in [1.54, 1.807) is 0 Å². The van der Waals surface area contributed by atoms with Gasteiger partial charge in [-0.1, -0.05) is 140 Å². The lowest BCUT2D eigenvalue weighted by atomic mass is 10.0. The molecule has 4 heterocycles. The fourth-order valence-corrected chi connectivity index (χ4v) is 8.75. The van der Waals surface area contributed by atoms with Crippen LogP contribution in [-0.2, 0) is 0 Å². The quantitative estimate of drug-likeness (QED) is 0.177. The average molecular weight is 729 g/mol. The normalized spacial score (nSPS) is 11.9. The Morgan fingerprint density at radius 3 is 1.56 bits per heavy atom. The Labute approximate surface area is 327 Å². The lowest BCUT2D eigenvalue weighted by molar-refractivity contribution is 0.667. The molecular formula is C52H32N4O. The number of nitrogens with zero attached hydrogens (tertiary/aromatic N) is 4. The summed E-state index contributed by atoms with van der Waals surface area (Å²) in [6, 6.07) is 68.5. The molecule has 0 aliphatic heterocycles. The summed E-state index contributed by atoms with van der Waals surface area (Å²) in [6.45, 7) is 0. The van der Waals surface area contributed by atoms with Crippen LogP contribution in [0.15, 0.2) is 199 Å². The van der Waals surface area contributed by atoms with Gasteiger partial charge in [0.05, 0.1) is 22.1 Å².